The van der Waals surface area contributed by atoms with Crippen molar-refractivity contribution in [2.45, 2.75) is 13.5 Å². The largest absolute Gasteiger partial charge is 0.350 e. The Hall–Kier alpha value is -1.55. The SMILES string of the molecule is Cc1ccccc1CNC(=O)CN(C)C(=O)CCl. The Balaban J connectivity index is 2.43. The molecule has 18 heavy (non-hydrogen) atoms. The van der Waals surface area contributed by atoms with Crippen molar-refractivity contribution < 1.29 is 9.59 Å². The van der Waals surface area contributed by atoms with E-state index >= 15 is 0 Å². The molecule has 0 aliphatic heterocycles. The third-order valence-electron chi connectivity index (χ3n) is 2.66. The normalized spacial score (nSPS) is 9.94. The molecule has 0 aromatic heterocycles. The van der Waals surface area contributed by atoms with Gasteiger partial charge in [0.05, 0.1) is 6.54 Å². The van der Waals surface area contributed by atoms with Crippen LogP contribution in [0, 0.1) is 6.92 Å². The summed E-state index contributed by atoms with van der Waals surface area (Å²) in [5.74, 6) is -0.566. The monoisotopic (exact) mass is 268 g/mol. The molecule has 0 heterocycles. The highest BCUT2D eigenvalue weighted by atomic mass is 35.5. The summed E-state index contributed by atoms with van der Waals surface area (Å²) in [5.41, 5.74) is 2.19. The number of halogens is 1. The summed E-state index contributed by atoms with van der Waals surface area (Å²) < 4.78 is 0. The number of aryl methyl sites for hydroxylation is 1. The Labute approximate surface area is 112 Å². The number of nitrogens with zero attached hydrogens (tertiary/aromatic N) is 1. The van der Waals surface area contributed by atoms with Gasteiger partial charge in [0.1, 0.15) is 5.88 Å². The summed E-state index contributed by atoms with van der Waals surface area (Å²) in [5, 5.41) is 2.77. The molecule has 0 saturated heterocycles. The third-order valence-corrected chi connectivity index (χ3v) is 2.89. The average molecular weight is 269 g/mol. The molecule has 0 unspecified atom stereocenters. The van der Waals surface area contributed by atoms with Crippen LogP contribution in [0.25, 0.3) is 0 Å². The number of likely N-dealkylation sites (N-methyl/N-ethyl adjacent to an activating group) is 1. The lowest BCUT2D eigenvalue weighted by Crippen LogP contribution is -2.38. The van der Waals surface area contributed by atoms with Crippen LogP contribution < -0.4 is 5.32 Å². The first-order chi connectivity index (χ1) is 8.54. The van der Waals surface area contributed by atoms with E-state index < -0.39 is 0 Å². The average Bonchev–Trinajstić information content (AvgIpc) is 2.36. The molecule has 1 rings (SSSR count). The van der Waals surface area contributed by atoms with E-state index in [1.165, 1.54) is 4.90 Å². The molecule has 1 aromatic rings. The van der Waals surface area contributed by atoms with Crippen LogP contribution in [0.2, 0.25) is 0 Å². The zero-order valence-corrected chi connectivity index (χ0v) is 11.3. The molecule has 5 heteroatoms. The van der Waals surface area contributed by atoms with Crippen LogP contribution in [-0.2, 0) is 16.1 Å². The predicted octanol–water partition coefficient (Wildman–Crippen LogP) is 1.31. The Bertz CT molecular complexity index is 435. The van der Waals surface area contributed by atoms with Gasteiger partial charge in [0.2, 0.25) is 11.8 Å². The van der Waals surface area contributed by atoms with Gasteiger partial charge in [-0.2, -0.15) is 0 Å². The number of hydrogen-bond donors (Lipinski definition) is 1. The summed E-state index contributed by atoms with van der Waals surface area (Å²) in [7, 11) is 1.55. The van der Waals surface area contributed by atoms with E-state index in [9.17, 15) is 9.59 Å². The molecule has 0 spiro atoms. The van der Waals surface area contributed by atoms with Crippen LogP contribution in [0.5, 0.6) is 0 Å². The molecule has 0 bridgehead atoms. The zero-order valence-electron chi connectivity index (χ0n) is 10.6. The maximum absolute atomic E-state index is 11.6. The number of benzene rings is 1. The van der Waals surface area contributed by atoms with Crippen LogP contribution in [0.1, 0.15) is 11.1 Å². The molecular weight excluding hydrogens is 252 g/mol. The van der Waals surface area contributed by atoms with E-state index in [4.69, 9.17) is 11.6 Å². The van der Waals surface area contributed by atoms with Gasteiger partial charge in [-0.25, -0.2) is 0 Å². The third kappa shape index (κ3) is 4.37. The Morgan fingerprint density at radius 3 is 2.61 bits per heavy atom. The number of carbonyl (C=O) groups excluding carboxylic acids is 2. The fourth-order valence-electron chi connectivity index (χ4n) is 1.46. The highest BCUT2D eigenvalue weighted by Crippen LogP contribution is 2.05. The van der Waals surface area contributed by atoms with Crippen LogP contribution in [-0.4, -0.2) is 36.2 Å². The number of nitrogens with one attached hydrogen (secondary N) is 1. The van der Waals surface area contributed by atoms with Crippen molar-refractivity contribution in [3.8, 4) is 0 Å². The van der Waals surface area contributed by atoms with Gasteiger partial charge in [0.25, 0.3) is 0 Å². The zero-order chi connectivity index (χ0) is 13.5. The molecule has 0 radical (unpaired) electrons. The number of hydrogen-bond acceptors (Lipinski definition) is 2. The second-order valence-electron chi connectivity index (χ2n) is 4.09. The molecule has 0 aliphatic carbocycles. The van der Waals surface area contributed by atoms with Crippen molar-refractivity contribution >= 4 is 23.4 Å². The van der Waals surface area contributed by atoms with Crippen LogP contribution in [0.3, 0.4) is 0 Å². The van der Waals surface area contributed by atoms with Crippen LogP contribution >= 0.6 is 11.6 Å². The molecule has 1 aromatic carbocycles. The quantitative estimate of drug-likeness (QED) is 0.819. The molecule has 0 aliphatic rings. The minimum Gasteiger partial charge on any atom is -0.350 e. The van der Waals surface area contributed by atoms with E-state index in [0.29, 0.717) is 6.54 Å². The minimum absolute atomic E-state index is 0.0252. The van der Waals surface area contributed by atoms with Crippen molar-refractivity contribution in [1.29, 1.82) is 0 Å². The summed E-state index contributed by atoms with van der Waals surface area (Å²) in [6.45, 7) is 2.48. The molecule has 1 N–H and O–H groups in total. The van der Waals surface area contributed by atoms with Crippen LogP contribution in [0.15, 0.2) is 24.3 Å². The smallest absolute Gasteiger partial charge is 0.239 e. The summed E-state index contributed by atoms with van der Waals surface area (Å²) in [6, 6.07) is 7.83. The number of alkyl halides is 1. The van der Waals surface area contributed by atoms with Crippen molar-refractivity contribution in [2.75, 3.05) is 19.5 Å². The van der Waals surface area contributed by atoms with E-state index in [2.05, 4.69) is 5.32 Å². The molecule has 98 valence electrons. The van der Waals surface area contributed by atoms with E-state index in [1.54, 1.807) is 7.05 Å². The molecular formula is C13H17ClN2O2. The first kappa shape index (κ1) is 14.5. The van der Waals surface area contributed by atoms with Gasteiger partial charge in [-0.3, -0.25) is 9.59 Å². The number of carbonyl (C=O) groups is 2. The molecule has 2 amide bonds. The standard InChI is InChI=1S/C13H17ClN2O2/c1-10-5-3-4-6-11(10)8-15-12(17)9-16(2)13(18)7-14/h3-6H,7-9H2,1-2H3,(H,15,17). The lowest BCUT2D eigenvalue weighted by Gasteiger charge is -2.15. The fraction of sp³-hybridized carbons (Fsp3) is 0.385. The van der Waals surface area contributed by atoms with Gasteiger partial charge in [-0.1, -0.05) is 24.3 Å². The molecule has 4 nitrogen and oxygen atoms in total. The molecule has 0 atom stereocenters. The van der Waals surface area contributed by atoms with Gasteiger partial charge < -0.3 is 10.2 Å². The maximum atomic E-state index is 11.6. The lowest BCUT2D eigenvalue weighted by atomic mass is 10.1. The van der Waals surface area contributed by atoms with Crippen LogP contribution in [0.4, 0.5) is 0 Å². The summed E-state index contributed by atoms with van der Waals surface area (Å²) >= 11 is 5.40. The van der Waals surface area contributed by atoms with E-state index in [1.807, 2.05) is 31.2 Å². The highest BCUT2D eigenvalue weighted by molar-refractivity contribution is 6.27. The first-order valence-corrected chi connectivity index (χ1v) is 6.19. The number of amides is 2. The van der Waals surface area contributed by atoms with Crippen molar-refractivity contribution in [2.24, 2.45) is 0 Å². The summed E-state index contributed by atoms with van der Waals surface area (Å²) in [6.07, 6.45) is 0. The molecule has 0 fully saturated rings. The maximum Gasteiger partial charge on any atom is 0.239 e. The second-order valence-corrected chi connectivity index (χ2v) is 4.35. The summed E-state index contributed by atoms with van der Waals surface area (Å²) in [4.78, 5) is 24.1. The minimum atomic E-state index is -0.261. The second kappa shape index (κ2) is 7.01. The highest BCUT2D eigenvalue weighted by Gasteiger charge is 2.11. The van der Waals surface area contributed by atoms with Crippen molar-refractivity contribution in [3.63, 3.8) is 0 Å². The number of rotatable bonds is 5. The fourth-order valence-corrected chi connectivity index (χ4v) is 1.67. The topological polar surface area (TPSA) is 49.4 Å². The Morgan fingerprint density at radius 2 is 2.00 bits per heavy atom. The first-order valence-electron chi connectivity index (χ1n) is 5.65. The predicted molar refractivity (Wildman–Crippen MR) is 71.4 cm³/mol. The van der Waals surface area contributed by atoms with E-state index in [-0.39, 0.29) is 24.2 Å². The van der Waals surface area contributed by atoms with Gasteiger partial charge in [-0.15, -0.1) is 11.6 Å². The molecule has 0 saturated carbocycles. The van der Waals surface area contributed by atoms with Gasteiger partial charge in [-0.05, 0) is 18.1 Å². The Kier molecular flexibility index (Phi) is 5.65. The van der Waals surface area contributed by atoms with Crippen molar-refractivity contribution in [1.82, 2.24) is 10.2 Å². The lowest BCUT2D eigenvalue weighted by molar-refractivity contribution is -0.132. The van der Waals surface area contributed by atoms with Crippen molar-refractivity contribution in [3.05, 3.63) is 35.4 Å². The van der Waals surface area contributed by atoms with Gasteiger partial charge in [0, 0.05) is 13.6 Å². The van der Waals surface area contributed by atoms with Gasteiger partial charge in [0.15, 0.2) is 0 Å². The van der Waals surface area contributed by atoms with Gasteiger partial charge >= 0.3 is 0 Å². The Morgan fingerprint density at radius 1 is 1.33 bits per heavy atom. The van der Waals surface area contributed by atoms with E-state index in [0.717, 1.165) is 11.1 Å².